The fourth-order valence-electron chi connectivity index (χ4n) is 3.16. The van der Waals surface area contributed by atoms with Gasteiger partial charge in [0.25, 0.3) is 0 Å². The fraction of sp³-hybridized carbons (Fsp3) is 0.632. The van der Waals surface area contributed by atoms with Crippen LogP contribution in [0.5, 0.6) is 0 Å². The second kappa shape index (κ2) is 8.60. The predicted octanol–water partition coefficient (Wildman–Crippen LogP) is 1.43. The van der Waals surface area contributed by atoms with Crippen molar-refractivity contribution in [3.63, 3.8) is 0 Å². The Kier molecular flexibility index (Phi) is 6.78. The van der Waals surface area contributed by atoms with Gasteiger partial charge in [0.2, 0.25) is 5.91 Å². The monoisotopic (exact) mass is 333 g/mol. The van der Waals surface area contributed by atoms with Crippen LogP contribution in [0.15, 0.2) is 18.2 Å². The molecule has 134 valence electrons. The van der Waals surface area contributed by atoms with Crippen molar-refractivity contribution in [2.45, 2.75) is 26.4 Å². The van der Waals surface area contributed by atoms with Gasteiger partial charge >= 0.3 is 0 Å². The molecule has 1 fully saturated rings. The van der Waals surface area contributed by atoms with Gasteiger partial charge in [0.1, 0.15) is 0 Å². The molecule has 24 heavy (non-hydrogen) atoms. The van der Waals surface area contributed by atoms with Crippen LogP contribution >= 0.6 is 0 Å². The van der Waals surface area contributed by atoms with Crippen molar-refractivity contribution in [3.8, 4) is 0 Å². The Labute approximate surface area is 145 Å². The highest BCUT2D eigenvalue weighted by Gasteiger charge is 2.20. The van der Waals surface area contributed by atoms with Gasteiger partial charge in [-0.2, -0.15) is 0 Å². The standard InChI is InChI=1S/C19H31N3O2/c1-15-6-7-16(2)17(12-15)18(23)13-21-8-5-9-22(11-10-21)14-19(24)20(3)4/h6-7,12,18,23H,5,8-11,13-14H2,1-4H3. The number of aliphatic hydroxyl groups is 1. The molecule has 0 saturated carbocycles. The highest BCUT2D eigenvalue weighted by Crippen LogP contribution is 2.20. The fourth-order valence-corrected chi connectivity index (χ4v) is 3.16. The molecule has 1 aromatic rings. The number of aliphatic hydroxyl groups excluding tert-OH is 1. The van der Waals surface area contributed by atoms with Crippen LogP contribution in [0.2, 0.25) is 0 Å². The summed E-state index contributed by atoms with van der Waals surface area (Å²) >= 11 is 0. The molecule has 0 radical (unpaired) electrons. The Bertz CT molecular complexity index is 560. The van der Waals surface area contributed by atoms with E-state index in [-0.39, 0.29) is 5.91 Å². The molecular formula is C19H31N3O2. The van der Waals surface area contributed by atoms with Crippen LogP contribution in [0.4, 0.5) is 0 Å². The highest BCUT2D eigenvalue weighted by atomic mass is 16.3. The zero-order valence-electron chi connectivity index (χ0n) is 15.5. The molecule has 2 rings (SSSR count). The summed E-state index contributed by atoms with van der Waals surface area (Å²) in [4.78, 5) is 18.0. The minimum absolute atomic E-state index is 0.152. The lowest BCUT2D eigenvalue weighted by Gasteiger charge is -2.25. The number of nitrogens with zero attached hydrogens (tertiary/aromatic N) is 3. The molecule has 0 spiro atoms. The first-order chi connectivity index (χ1) is 11.4. The third-order valence-corrected chi connectivity index (χ3v) is 4.76. The summed E-state index contributed by atoms with van der Waals surface area (Å²) in [5.74, 6) is 0.152. The van der Waals surface area contributed by atoms with Crippen LogP contribution in [0.3, 0.4) is 0 Å². The Morgan fingerprint density at radius 2 is 1.83 bits per heavy atom. The molecular weight excluding hydrogens is 302 g/mol. The maximum absolute atomic E-state index is 11.9. The lowest BCUT2D eigenvalue weighted by Crippen LogP contribution is -2.39. The highest BCUT2D eigenvalue weighted by molar-refractivity contribution is 5.77. The van der Waals surface area contributed by atoms with Crippen molar-refractivity contribution in [2.75, 3.05) is 53.4 Å². The molecule has 1 aromatic carbocycles. The maximum Gasteiger partial charge on any atom is 0.236 e. The molecule has 1 amide bonds. The Hall–Kier alpha value is -1.43. The average Bonchev–Trinajstić information content (AvgIpc) is 2.75. The smallest absolute Gasteiger partial charge is 0.236 e. The third-order valence-electron chi connectivity index (χ3n) is 4.76. The van der Waals surface area contributed by atoms with E-state index in [1.165, 1.54) is 5.56 Å². The van der Waals surface area contributed by atoms with E-state index in [0.29, 0.717) is 13.1 Å². The van der Waals surface area contributed by atoms with Gasteiger partial charge in [-0.15, -0.1) is 0 Å². The Morgan fingerprint density at radius 3 is 2.54 bits per heavy atom. The van der Waals surface area contributed by atoms with Crippen LogP contribution < -0.4 is 0 Å². The second-order valence-electron chi connectivity index (χ2n) is 7.09. The van der Waals surface area contributed by atoms with Crippen LogP contribution in [-0.2, 0) is 4.79 Å². The molecule has 1 saturated heterocycles. The molecule has 5 nitrogen and oxygen atoms in total. The first-order valence-corrected chi connectivity index (χ1v) is 8.77. The van der Waals surface area contributed by atoms with Gasteiger partial charge in [-0.3, -0.25) is 14.6 Å². The van der Waals surface area contributed by atoms with E-state index in [1.54, 1.807) is 19.0 Å². The second-order valence-corrected chi connectivity index (χ2v) is 7.09. The van der Waals surface area contributed by atoms with Crippen LogP contribution in [0.1, 0.15) is 29.2 Å². The molecule has 1 unspecified atom stereocenters. The average molecular weight is 333 g/mol. The van der Waals surface area contributed by atoms with Gasteiger partial charge in [-0.25, -0.2) is 0 Å². The van der Waals surface area contributed by atoms with Gasteiger partial charge < -0.3 is 10.0 Å². The van der Waals surface area contributed by atoms with Gasteiger partial charge in [0.05, 0.1) is 12.6 Å². The van der Waals surface area contributed by atoms with Crippen molar-refractivity contribution in [2.24, 2.45) is 0 Å². The van der Waals surface area contributed by atoms with Crippen LogP contribution in [0, 0.1) is 13.8 Å². The zero-order chi connectivity index (χ0) is 17.7. The van der Waals surface area contributed by atoms with Gasteiger partial charge in [0.15, 0.2) is 0 Å². The van der Waals surface area contributed by atoms with Crippen molar-refractivity contribution in [1.29, 1.82) is 0 Å². The predicted molar refractivity (Wildman–Crippen MR) is 97.1 cm³/mol. The number of β-amino-alcohol motifs (C(OH)–C–C–N with tert-alkyl or cyclic N) is 1. The number of rotatable bonds is 5. The molecule has 5 heteroatoms. The number of hydrogen-bond acceptors (Lipinski definition) is 4. The number of hydrogen-bond donors (Lipinski definition) is 1. The normalized spacial score (nSPS) is 18.2. The SMILES string of the molecule is Cc1ccc(C)c(C(O)CN2CCCN(CC(=O)N(C)C)CC2)c1. The summed E-state index contributed by atoms with van der Waals surface area (Å²) < 4.78 is 0. The number of benzene rings is 1. The van der Waals surface area contributed by atoms with Gasteiger partial charge in [-0.05, 0) is 44.5 Å². The lowest BCUT2D eigenvalue weighted by molar-refractivity contribution is -0.129. The van der Waals surface area contributed by atoms with E-state index >= 15 is 0 Å². The number of likely N-dealkylation sites (N-methyl/N-ethyl adjacent to an activating group) is 1. The van der Waals surface area contributed by atoms with Gasteiger partial charge in [0, 0.05) is 33.7 Å². The van der Waals surface area contributed by atoms with Crippen molar-refractivity contribution in [1.82, 2.24) is 14.7 Å². The molecule has 0 aliphatic carbocycles. The number of amides is 1. The largest absolute Gasteiger partial charge is 0.387 e. The maximum atomic E-state index is 11.9. The molecule has 1 atom stereocenters. The summed E-state index contributed by atoms with van der Waals surface area (Å²) in [6.45, 7) is 8.92. The first kappa shape index (κ1) is 18.9. The summed E-state index contributed by atoms with van der Waals surface area (Å²) in [6, 6.07) is 6.24. The number of aryl methyl sites for hydroxylation is 2. The minimum atomic E-state index is -0.458. The van der Waals surface area contributed by atoms with Crippen molar-refractivity contribution >= 4 is 5.91 Å². The van der Waals surface area contributed by atoms with E-state index in [4.69, 9.17) is 0 Å². The number of carbonyl (C=O) groups is 1. The minimum Gasteiger partial charge on any atom is -0.387 e. The Morgan fingerprint density at radius 1 is 1.17 bits per heavy atom. The molecule has 0 aromatic heterocycles. The van der Waals surface area contributed by atoms with E-state index in [2.05, 4.69) is 41.8 Å². The lowest BCUT2D eigenvalue weighted by atomic mass is 10.0. The Balaban J connectivity index is 1.90. The zero-order valence-corrected chi connectivity index (χ0v) is 15.5. The number of carbonyl (C=O) groups excluding carboxylic acids is 1. The molecule has 0 bridgehead atoms. The molecule has 1 aliphatic rings. The molecule has 1 heterocycles. The van der Waals surface area contributed by atoms with E-state index < -0.39 is 6.10 Å². The summed E-state index contributed by atoms with van der Waals surface area (Å²) in [6.07, 6.45) is 0.570. The third kappa shape index (κ3) is 5.30. The van der Waals surface area contributed by atoms with E-state index in [0.717, 1.165) is 43.7 Å². The molecule has 1 N–H and O–H groups in total. The van der Waals surface area contributed by atoms with Crippen LogP contribution in [0.25, 0.3) is 0 Å². The van der Waals surface area contributed by atoms with E-state index in [1.807, 2.05) is 0 Å². The van der Waals surface area contributed by atoms with Crippen molar-refractivity contribution in [3.05, 3.63) is 34.9 Å². The molecule has 1 aliphatic heterocycles. The topological polar surface area (TPSA) is 47.0 Å². The summed E-state index contributed by atoms with van der Waals surface area (Å²) in [7, 11) is 3.60. The first-order valence-electron chi connectivity index (χ1n) is 8.77. The summed E-state index contributed by atoms with van der Waals surface area (Å²) in [5.41, 5.74) is 3.35. The van der Waals surface area contributed by atoms with Crippen LogP contribution in [-0.4, -0.2) is 79.1 Å². The van der Waals surface area contributed by atoms with Crippen molar-refractivity contribution < 1.29 is 9.90 Å². The van der Waals surface area contributed by atoms with Gasteiger partial charge in [-0.1, -0.05) is 23.8 Å². The van der Waals surface area contributed by atoms with E-state index in [9.17, 15) is 9.90 Å². The summed E-state index contributed by atoms with van der Waals surface area (Å²) in [5, 5.41) is 10.6. The quantitative estimate of drug-likeness (QED) is 0.886.